The van der Waals surface area contributed by atoms with E-state index in [9.17, 15) is 0 Å². The van der Waals surface area contributed by atoms with Crippen molar-refractivity contribution in [2.24, 2.45) is 0 Å². The molecule has 0 N–H and O–H groups in total. The number of hydrogen-bond donors (Lipinski definition) is 0. The van der Waals surface area contributed by atoms with E-state index in [0.717, 1.165) is 15.8 Å². The minimum Gasteiger partial charge on any atom is -0.256 e. The Morgan fingerprint density at radius 2 is 1.83 bits per heavy atom. The Morgan fingerprint density at radius 3 is 2.61 bits per heavy atom. The molecular weight excluding hydrogens is 258 g/mol. The maximum Gasteiger partial charge on any atom is 0.0714 e. The smallest absolute Gasteiger partial charge is 0.0714 e. The molecule has 0 unspecified atom stereocenters. The van der Waals surface area contributed by atoms with E-state index in [4.69, 9.17) is 12.8 Å². The second kappa shape index (κ2) is 6.40. The number of pyridine rings is 1. The van der Waals surface area contributed by atoms with Crippen LogP contribution in [0.25, 0.3) is 10.9 Å². The van der Waals surface area contributed by atoms with Crippen molar-refractivity contribution < 1.29 is 0 Å². The lowest BCUT2D eigenvalue weighted by molar-refractivity contribution is 1.33. The fourth-order valence-corrected chi connectivity index (χ4v) is 2.89. The number of benzene rings is 1. The van der Waals surface area contributed by atoms with E-state index in [1.165, 1.54) is 4.90 Å². The molecule has 0 fully saturated rings. The molecule has 0 aliphatic heterocycles. The van der Waals surface area contributed by atoms with Gasteiger partial charge in [-0.25, -0.2) is 0 Å². The molecule has 2 aromatic rings. The van der Waals surface area contributed by atoms with Crippen LogP contribution >= 0.6 is 23.5 Å². The molecule has 2 rings (SSSR count). The van der Waals surface area contributed by atoms with Crippen LogP contribution in [0.3, 0.4) is 0 Å². The summed E-state index contributed by atoms with van der Waals surface area (Å²) in [6, 6.07) is 8.20. The zero-order chi connectivity index (χ0) is 12.8. The Morgan fingerprint density at radius 1 is 1.06 bits per heavy atom. The largest absolute Gasteiger partial charge is 0.256 e. The third-order valence-electron chi connectivity index (χ3n) is 2.31. The quantitative estimate of drug-likeness (QED) is 0.620. The van der Waals surface area contributed by atoms with Crippen LogP contribution in [0, 0.1) is 24.7 Å². The predicted octanol–water partition coefficient (Wildman–Crippen LogP) is 3.69. The van der Waals surface area contributed by atoms with Gasteiger partial charge >= 0.3 is 0 Å². The van der Waals surface area contributed by atoms with Crippen molar-refractivity contribution in [3.8, 4) is 24.7 Å². The third kappa shape index (κ3) is 3.01. The zero-order valence-electron chi connectivity index (χ0n) is 9.72. The molecule has 1 nitrogen and oxygen atoms in total. The molecule has 0 aliphatic carbocycles. The van der Waals surface area contributed by atoms with Gasteiger partial charge in [0.1, 0.15) is 0 Å². The van der Waals surface area contributed by atoms with Gasteiger partial charge in [0.25, 0.3) is 0 Å². The number of hydrogen-bond acceptors (Lipinski definition) is 3. The van der Waals surface area contributed by atoms with Gasteiger partial charge < -0.3 is 0 Å². The Kier molecular flexibility index (Phi) is 4.59. The van der Waals surface area contributed by atoms with Crippen LogP contribution in [-0.2, 0) is 0 Å². The summed E-state index contributed by atoms with van der Waals surface area (Å²) in [5.41, 5.74) is 0.988. The molecule has 0 saturated heterocycles. The first kappa shape index (κ1) is 12.9. The summed E-state index contributed by atoms with van der Waals surface area (Å²) in [4.78, 5) is 6.69. The van der Waals surface area contributed by atoms with Crippen LogP contribution < -0.4 is 0 Å². The topological polar surface area (TPSA) is 12.9 Å². The number of nitrogens with zero attached hydrogens (tertiary/aromatic N) is 1. The summed E-state index contributed by atoms with van der Waals surface area (Å²) in [5, 5.41) is 1.14. The number of fused-ring (bicyclic) bond motifs is 1. The summed E-state index contributed by atoms with van der Waals surface area (Å²) in [6.07, 6.45) is 12.4. The predicted molar refractivity (Wildman–Crippen MR) is 80.9 cm³/mol. The Balaban J connectivity index is 2.39. The lowest BCUT2D eigenvalue weighted by Gasteiger charge is -2.05. The van der Waals surface area contributed by atoms with E-state index in [1.54, 1.807) is 23.5 Å². The van der Waals surface area contributed by atoms with Crippen LogP contribution in [0.2, 0.25) is 0 Å². The summed E-state index contributed by atoms with van der Waals surface area (Å²) >= 11 is 3.31. The SMILES string of the molecule is C#CCSc1ccc2nccc(SCC#C)c2c1. The molecule has 88 valence electrons. The monoisotopic (exact) mass is 269 g/mol. The highest BCUT2D eigenvalue weighted by Crippen LogP contribution is 2.29. The molecule has 0 atom stereocenters. The number of terminal acetylenes is 2. The van der Waals surface area contributed by atoms with Crippen molar-refractivity contribution in [1.29, 1.82) is 0 Å². The molecule has 3 heteroatoms. The van der Waals surface area contributed by atoms with Crippen LogP contribution in [0.5, 0.6) is 0 Å². The second-order valence-corrected chi connectivity index (χ2v) is 5.54. The van der Waals surface area contributed by atoms with E-state index < -0.39 is 0 Å². The molecule has 0 spiro atoms. The van der Waals surface area contributed by atoms with Gasteiger partial charge in [-0.3, -0.25) is 4.98 Å². The first-order valence-electron chi connectivity index (χ1n) is 5.36. The Hall–Kier alpha value is -1.55. The molecule has 1 aromatic heterocycles. The van der Waals surface area contributed by atoms with E-state index >= 15 is 0 Å². The number of rotatable bonds is 4. The lowest BCUT2D eigenvalue weighted by atomic mass is 10.2. The summed E-state index contributed by atoms with van der Waals surface area (Å²) in [5.74, 6) is 6.62. The molecule has 0 radical (unpaired) electrons. The molecule has 1 heterocycles. The van der Waals surface area contributed by atoms with E-state index in [0.29, 0.717) is 11.5 Å². The zero-order valence-corrected chi connectivity index (χ0v) is 11.4. The van der Waals surface area contributed by atoms with Crippen molar-refractivity contribution in [3.05, 3.63) is 30.5 Å². The third-order valence-corrected chi connectivity index (χ3v) is 4.18. The first-order valence-corrected chi connectivity index (χ1v) is 7.33. The Bertz CT molecular complexity index is 635. The van der Waals surface area contributed by atoms with Crippen molar-refractivity contribution in [2.45, 2.75) is 9.79 Å². The van der Waals surface area contributed by atoms with E-state index in [1.807, 2.05) is 24.4 Å². The van der Waals surface area contributed by atoms with Crippen molar-refractivity contribution in [3.63, 3.8) is 0 Å². The van der Waals surface area contributed by atoms with Gasteiger partial charge in [0.05, 0.1) is 17.0 Å². The minimum atomic E-state index is 0.667. The summed E-state index contributed by atoms with van der Waals surface area (Å²) in [6.45, 7) is 0. The van der Waals surface area contributed by atoms with Crippen LogP contribution in [0.4, 0.5) is 0 Å². The van der Waals surface area contributed by atoms with E-state index in [2.05, 4.69) is 22.9 Å². The fraction of sp³-hybridized carbons (Fsp3) is 0.133. The average molecular weight is 269 g/mol. The maximum absolute atomic E-state index is 5.30. The number of thioether (sulfide) groups is 2. The van der Waals surface area contributed by atoms with Gasteiger partial charge in [-0.15, -0.1) is 36.4 Å². The fourth-order valence-electron chi connectivity index (χ4n) is 1.56. The molecule has 0 amide bonds. The molecule has 0 aliphatic rings. The highest BCUT2D eigenvalue weighted by Gasteiger charge is 2.03. The molecule has 18 heavy (non-hydrogen) atoms. The molecule has 0 saturated carbocycles. The van der Waals surface area contributed by atoms with E-state index in [-0.39, 0.29) is 0 Å². The van der Waals surface area contributed by atoms with Gasteiger partial charge in [-0.2, -0.15) is 0 Å². The second-order valence-electron chi connectivity index (χ2n) is 3.47. The molecular formula is C15H11NS2. The first-order chi connectivity index (χ1) is 8.85. The summed E-state index contributed by atoms with van der Waals surface area (Å²) < 4.78 is 0. The highest BCUT2D eigenvalue weighted by molar-refractivity contribution is 8.00. The van der Waals surface area contributed by atoms with Crippen LogP contribution in [0.15, 0.2) is 40.3 Å². The number of aromatic nitrogens is 1. The van der Waals surface area contributed by atoms with Gasteiger partial charge in [0.2, 0.25) is 0 Å². The maximum atomic E-state index is 5.30. The molecule has 0 bridgehead atoms. The van der Waals surface area contributed by atoms with Gasteiger partial charge in [-0.1, -0.05) is 11.8 Å². The Labute approximate surface area is 116 Å². The van der Waals surface area contributed by atoms with Crippen LogP contribution in [0.1, 0.15) is 0 Å². The molecule has 1 aromatic carbocycles. The van der Waals surface area contributed by atoms with Crippen molar-refractivity contribution in [1.82, 2.24) is 4.98 Å². The minimum absolute atomic E-state index is 0.667. The van der Waals surface area contributed by atoms with Gasteiger partial charge in [-0.05, 0) is 24.3 Å². The normalized spacial score (nSPS) is 9.89. The van der Waals surface area contributed by atoms with Crippen LogP contribution in [-0.4, -0.2) is 16.5 Å². The van der Waals surface area contributed by atoms with Gasteiger partial charge in [0.15, 0.2) is 0 Å². The summed E-state index contributed by atoms with van der Waals surface area (Å²) in [7, 11) is 0. The highest BCUT2D eigenvalue weighted by atomic mass is 32.2. The van der Waals surface area contributed by atoms with Crippen molar-refractivity contribution >= 4 is 34.4 Å². The standard InChI is InChI=1S/C15H11NS2/c1-3-9-17-12-5-6-14-13(11-12)15(7-8-16-14)18-10-4-2/h1-2,5-8,11H,9-10H2. The average Bonchev–Trinajstić information content (AvgIpc) is 2.42. The van der Waals surface area contributed by atoms with Crippen molar-refractivity contribution in [2.75, 3.05) is 11.5 Å². The van der Waals surface area contributed by atoms with Gasteiger partial charge in [0, 0.05) is 21.4 Å². The lowest BCUT2D eigenvalue weighted by Crippen LogP contribution is -1.84.